The highest BCUT2D eigenvalue weighted by molar-refractivity contribution is 4.97. The van der Waals surface area contributed by atoms with Crippen molar-refractivity contribution in [3.8, 4) is 0 Å². The molecule has 0 aromatic rings. The van der Waals surface area contributed by atoms with Gasteiger partial charge in [-0.05, 0) is 53.2 Å². The molecule has 0 unspecified atom stereocenters. The van der Waals surface area contributed by atoms with Crippen LogP contribution >= 0.6 is 0 Å². The quantitative estimate of drug-likeness (QED) is 0.431. The summed E-state index contributed by atoms with van der Waals surface area (Å²) in [6, 6.07) is 0. The third-order valence-electron chi connectivity index (χ3n) is 2.20. The van der Waals surface area contributed by atoms with Gasteiger partial charge in [0.1, 0.15) is 0 Å². The van der Waals surface area contributed by atoms with Crippen molar-refractivity contribution in [2.45, 2.75) is 46.0 Å². The molecule has 0 N–H and O–H groups in total. The number of nitrogens with zero attached hydrogens (tertiary/aromatic N) is 1. The van der Waals surface area contributed by atoms with Gasteiger partial charge in [0.05, 0.1) is 0 Å². The molecule has 0 fully saturated rings. The summed E-state index contributed by atoms with van der Waals surface area (Å²) in [5, 5.41) is 0. The average molecular weight is 183 g/mol. The molecular weight excluding hydrogens is 158 g/mol. The number of unbranched alkanes of at least 4 members (excludes halogenated alkanes) is 2. The summed E-state index contributed by atoms with van der Waals surface area (Å²) in [7, 11) is 4.27. The van der Waals surface area contributed by atoms with Crippen LogP contribution in [0.1, 0.15) is 46.0 Å². The lowest BCUT2D eigenvalue weighted by molar-refractivity contribution is 0.395. The number of rotatable bonds is 7. The van der Waals surface area contributed by atoms with Crippen LogP contribution in [-0.4, -0.2) is 25.5 Å². The SMILES string of the molecule is CCC/C(C)=C/CCCCN(C)C. The standard InChI is InChI=1S/C12H25N/c1-5-9-12(2)10-7-6-8-11-13(3)4/h10H,5-9,11H2,1-4H3/b12-10+. The van der Waals surface area contributed by atoms with E-state index >= 15 is 0 Å². The van der Waals surface area contributed by atoms with Crippen LogP contribution in [0.4, 0.5) is 0 Å². The van der Waals surface area contributed by atoms with Crippen molar-refractivity contribution in [3.05, 3.63) is 11.6 Å². The molecule has 0 atom stereocenters. The topological polar surface area (TPSA) is 3.24 Å². The van der Waals surface area contributed by atoms with Gasteiger partial charge in [-0.1, -0.05) is 25.0 Å². The lowest BCUT2D eigenvalue weighted by Gasteiger charge is -2.07. The minimum absolute atomic E-state index is 1.22. The molecule has 78 valence electrons. The second-order valence-corrected chi connectivity index (χ2v) is 4.10. The summed E-state index contributed by atoms with van der Waals surface area (Å²) < 4.78 is 0. The first-order valence-electron chi connectivity index (χ1n) is 5.47. The molecule has 0 aliphatic rings. The molecule has 0 aliphatic heterocycles. The van der Waals surface area contributed by atoms with Crippen molar-refractivity contribution < 1.29 is 0 Å². The van der Waals surface area contributed by atoms with E-state index in [2.05, 4.69) is 38.9 Å². The third kappa shape index (κ3) is 9.62. The minimum atomic E-state index is 1.22. The van der Waals surface area contributed by atoms with E-state index in [9.17, 15) is 0 Å². The lowest BCUT2D eigenvalue weighted by Crippen LogP contribution is -2.12. The summed E-state index contributed by atoms with van der Waals surface area (Å²) in [5.41, 5.74) is 1.56. The molecule has 0 radical (unpaired) electrons. The number of hydrogen-bond acceptors (Lipinski definition) is 1. The van der Waals surface area contributed by atoms with Gasteiger partial charge in [0, 0.05) is 0 Å². The Balaban J connectivity index is 3.28. The van der Waals surface area contributed by atoms with E-state index in [1.807, 2.05) is 0 Å². The molecule has 1 heteroatoms. The van der Waals surface area contributed by atoms with Crippen molar-refractivity contribution in [1.82, 2.24) is 4.90 Å². The third-order valence-corrected chi connectivity index (χ3v) is 2.20. The first-order chi connectivity index (χ1) is 6.16. The highest BCUT2D eigenvalue weighted by Crippen LogP contribution is 2.06. The van der Waals surface area contributed by atoms with Gasteiger partial charge in [0.25, 0.3) is 0 Å². The predicted octanol–water partition coefficient (Wildman–Crippen LogP) is 3.46. The zero-order valence-electron chi connectivity index (χ0n) is 9.77. The van der Waals surface area contributed by atoms with E-state index in [1.165, 1.54) is 38.6 Å². The molecule has 0 aromatic heterocycles. The van der Waals surface area contributed by atoms with Crippen molar-refractivity contribution >= 4 is 0 Å². The molecule has 1 nitrogen and oxygen atoms in total. The molecule has 0 amide bonds. The number of allylic oxidation sites excluding steroid dienone is 2. The zero-order valence-corrected chi connectivity index (χ0v) is 9.77. The smallest absolute Gasteiger partial charge is 0.00247 e. The van der Waals surface area contributed by atoms with Crippen LogP contribution in [0.15, 0.2) is 11.6 Å². The number of hydrogen-bond donors (Lipinski definition) is 0. The summed E-state index contributed by atoms with van der Waals surface area (Å²) in [4.78, 5) is 2.25. The summed E-state index contributed by atoms with van der Waals surface area (Å²) >= 11 is 0. The molecule has 0 aromatic carbocycles. The lowest BCUT2D eigenvalue weighted by atomic mass is 10.1. The van der Waals surface area contributed by atoms with E-state index < -0.39 is 0 Å². The van der Waals surface area contributed by atoms with Crippen molar-refractivity contribution in [1.29, 1.82) is 0 Å². The van der Waals surface area contributed by atoms with E-state index in [0.29, 0.717) is 0 Å². The van der Waals surface area contributed by atoms with Crippen molar-refractivity contribution in [2.24, 2.45) is 0 Å². The average Bonchev–Trinajstić information content (AvgIpc) is 2.03. The Kier molecular flexibility index (Phi) is 8.11. The van der Waals surface area contributed by atoms with Gasteiger partial charge in [0.2, 0.25) is 0 Å². The Hall–Kier alpha value is -0.300. The first kappa shape index (κ1) is 12.7. The van der Waals surface area contributed by atoms with Gasteiger partial charge in [-0.3, -0.25) is 0 Å². The highest BCUT2D eigenvalue weighted by Gasteiger charge is 1.90. The second kappa shape index (κ2) is 8.31. The maximum absolute atomic E-state index is 2.40. The van der Waals surface area contributed by atoms with Gasteiger partial charge in [-0.15, -0.1) is 0 Å². The Morgan fingerprint density at radius 1 is 1.23 bits per heavy atom. The largest absolute Gasteiger partial charge is 0.309 e. The highest BCUT2D eigenvalue weighted by atomic mass is 15.0. The summed E-state index contributed by atoms with van der Waals surface area (Å²) in [6.07, 6.45) is 8.87. The summed E-state index contributed by atoms with van der Waals surface area (Å²) in [5.74, 6) is 0. The van der Waals surface area contributed by atoms with Crippen molar-refractivity contribution in [2.75, 3.05) is 20.6 Å². The first-order valence-corrected chi connectivity index (χ1v) is 5.47. The van der Waals surface area contributed by atoms with Crippen LogP contribution in [0.3, 0.4) is 0 Å². The second-order valence-electron chi connectivity index (χ2n) is 4.10. The van der Waals surface area contributed by atoms with Gasteiger partial charge in [-0.2, -0.15) is 0 Å². The van der Waals surface area contributed by atoms with Gasteiger partial charge < -0.3 is 4.90 Å². The van der Waals surface area contributed by atoms with Crippen molar-refractivity contribution in [3.63, 3.8) is 0 Å². The normalized spacial score (nSPS) is 12.5. The van der Waals surface area contributed by atoms with E-state index in [-0.39, 0.29) is 0 Å². The monoisotopic (exact) mass is 183 g/mol. The molecule has 0 saturated heterocycles. The van der Waals surface area contributed by atoms with Crippen LogP contribution in [0, 0.1) is 0 Å². The maximum atomic E-state index is 2.40. The van der Waals surface area contributed by atoms with Crippen LogP contribution in [0.5, 0.6) is 0 Å². The minimum Gasteiger partial charge on any atom is -0.309 e. The molecule has 0 saturated carbocycles. The zero-order chi connectivity index (χ0) is 10.1. The molecule has 0 aliphatic carbocycles. The Morgan fingerprint density at radius 3 is 2.46 bits per heavy atom. The molecule has 0 rings (SSSR count). The predicted molar refractivity (Wildman–Crippen MR) is 61.1 cm³/mol. The fourth-order valence-electron chi connectivity index (χ4n) is 1.42. The fourth-order valence-corrected chi connectivity index (χ4v) is 1.42. The maximum Gasteiger partial charge on any atom is -0.00247 e. The molecule has 13 heavy (non-hydrogen) atoms. The van der Waals surface area contributed by atoms with Crippen LogP contribution in [0.25, 0.3) is 0 Å². The Labute approximate surface area is 83.8 Å². The molecular formula is C12H25N. The van der Waals surface area contributed by atoms with Crippen LogP contribution in [0.2, 0.25) is 0 Å². The Bertz CT molecular complexity index is 136. The summed E-state index contributed by atoms with van der Waals surface area (Å²) in [6.45, 7) is 5.71. The molecule has 0 bridgehead atoms. The van der Waals surface area contributed by atoms with E-state index in [4.69, 9.17) is 0 Å². The van der Waals surface area contributed by atoms with E-state index in [0.717, 1.165) is 0 Å². The Morgan fingerprint density at radius 2 is 1.92 bits per heavy atom. The van der Waals surface area contributed by atoms with Crippen LogP contribution < -0.4 is 0 Å². The molecule has 0 spiro atoms. The van der Waals surface area contributed by atoms with Gasteiger partial charge >= 0.3 is 0 Å². The van der Waals surface area contributed by atoms with Crippen LogP contribution in [-0.2, 0) is 0 Å². The van der Waals surface area contributed by atoms with Gasteiger partial charge in [-0.25, -0.2) is 0 Å². The fraction of sp³-hybridized carbons (Fsp3) is 0.833. The van der Waals surface area contributed by atoms with E-state index in [1.54, 1.807) is 5.57 Å². The molecule has 0 heterocycles. The van der Waals surface area contributed by atoms with Gasteiger partial charge in [0.15, 0.2) is 0 Å².